The van der Waals surface area contributed by atoms with Gasteiger partial charge >= 0.3 is 0 Å². The van der Waals surface area contributed by atoms with E-state index >= 15 is 0 Å². The summed E-state index contributed by atoms with van der Waals surface area (Å²) in [5.41, 5.74) is 2.97. The Morgan fingerprint density at radius 3 is 2.32 bits per heavy atom. The van der Waals surface area contributed by atoms with Crippen molar-refractivity contribution in [2.24, 2.45) is 0 Å². The molecule has 0 saturated heterocycles. The van der Waals surface area contributed by atoms with E-state index in [-0.39, 0.29) is 5.92 Å². The van der Waals surface area contributed by atoms with Crippen LogP contribution >= 0.6 is 0 Å². The van der Waals surface area contributed by atoms with Gasteiger partial charge in [-0.2, -0.15) is 0 Å². The molecule has 0 fully saturated rings. The summed E-state index contributed by atoms with van der Waals surface area (Å²) in [5.74, 6) is 1.10. The SMILES string of the molecule is CC(C)c1cnc(C(C)C)c(S(=O)CCc2ccccc2)n1. The minimum atomic E-state index is -1.12. The van der Waals surface area contributed by atoms with Gasteiger partial charge in [0, 0.05) is 11.9 Å². The van der Waals surface area contributed by atoms with Crippen molar-refractivity contribution in [3.63, 3.8) is 0 Å². The van der Waals surface area contributed by atoms with E-state index in [1.165, 1.54) is 5.56 Å². The Morgan fingerprint density at radius 2 is 1.73 bits per heavy atom. The first-order valence-corrected chi connectivity index (χ1v) is 9.10. The number of hydrogen-bond donors (Lipinski definition) is 0. The van der Waals surface area contributed by atoms with Gasteiger partial charge in [-0.3, -0.25) is 9.19 Å². The quantitative estimate of drug-likeness (QED) is 0.806. The summed E-state index contributed by atoms with van der Waals surface area (Å²) >= 11 is 0. The molecule has 118 valence electrons. The summed E-state index contributed by atoms with van der Waals surface area (Å²) < 4.78 is 12.7. The van der Waals surface area contributed by atoms with Crippen molar-refractivity contribution in [2.45, 2.75) is 51.0 Å². The van der Waals surface area contributed by atoms with Crippen LogP contribution in [0.2, 0.25) is 0 Å². The minimum Gasteiger partial charge on any atom is -0.256 e. The minimum absolute atomic E-state index is 0.226. The fourth-order valence-electron chi connectivity index (χ4n) is 2.19. The van der Waals surface area contributed by atoms with E-state index in [0.29, 0.717) is 16.7 Å². The van der Waals surface area contributed by atoms with Crippen LogP contribution in [0.5, 0.6) is 0 Å². The molecule has 1 heterocycles. The first-order valence-electron chi connectivity index (χ1n) is 7.78. The Hall–Kier alpha value is -1.55. The average molecular weight is 316 g/mol. The predicted molar refractivity (Wildman–Crippen MR) is 91.6 cm³/mol. The summed E-state index contributed by atoms with van der Waals surface area (Å²) in [7, 11) is -1.12. The van der Waals surface area contributed by atoms with E-state index in [2.05, 4.69) is 49.8 Å². The number of aromatic nitrogens is 2. The summed E-state index contributed by atoms with van der Waals surface area (Å²) in [4.78, 5) is 9.16. The second-order valence-corrected chi connectivity index (χ2v) is 7.57. The molecule has 0 bridgehead atoms. The number of benzene rings is 1. The smallest absolute Gasteiger partial charge is 0.149 e. The van der Waals surface area contributed by atoms with Gasteiger partial charge in [-0.25, -0.2) is 4.98 Å². The zero-order valence-electron chi connectivity index (χ0n) is 13.7. The molecule has 1 aromatic carbocycles. The molecule has 1 atom stereocenters. The first kappa shape index (κ1) is 16.8. The fourth-order valence-corrected chi connectivity index (χ4v) is 3.53. The third-order valence-electron chi connectivity index (χ3n) is 3.56. The van der Waals surface area contributed by atoms with Crippen molar-refractivity contribution in [3.05, 3.63) is 53.5 Å². The zero-order valence-corrected chi connectivity index (χ0v) is 14.6. The van der Waals surface area contributed by atoms with Crippen LogP contribution in [0, 0.1) is 0 Å². The highest BCUT2D eigenvalue weighted by Gasteiger charge is 2.17. The molecular weight excluding hydrogens is 292 g/mol. The third kappa shape index (κ3) is 4.23. The Labute approximate surface area is 135 Å². The molecule has 4 heteroatoms. The van der Waals surface area contributed by atoms with E-state index in [1.54, 1.807) is 0 Å². The lowest BCUT2D eigenvalue weighted by Gasteiger charge is -2.13. The van der Waals surface area contributed by atoms with Gasteiger partial charge in [-0.15, -0.1) is 0 Å². The van der Waals surface area contributed by atoms with Crippen molar-refractivity contribution in [1.82, 2.24) is 9.97 Å². The molecule has 2 rings (SSSR count). The van der Waals surface area contributed by atoms with E-state index in [9.17, 15) is 4.21 Å². The third-order valence-corrected chi connectivity index (χ3v) is 4.87. The molecule has 0 aliphatic heterocycles. The van der Waals surface area contributed by atoms with E-state index in [4.69, 9.17) is 0 Å². The summed E-state index contributed by atoms with van der Waals surface area (Å²) in [6.45, 7) is 8.29. The van der Waals surface area contributed by atoms with Crippen LogP contribution < -0.4 is 0 Å². The maximum Gasteiger partial charge on any atom is 0.149 e. The average Bonchev–Trinajstić information content (AvgIpc) is 2.52. The van der Waals surface area contributed by atoms with Gasteiger partial charge in [0.1, 0.15) is 5.03 Å². The molecule has 22 heavy (non-hydrogen) atoms. The molecule has 0 amide bonds. The van der Waals surface area contributed by atoms with Gasteiger partial charge in [0.2, 0.25) is 0 Å². The maximum atomic E-state index is 12.7. The summed E-state index contributed by atoms with van der Waals surface area (Å²) in [6, 6.07) is 10.1. The van der Waals surface area contributed by atoms with Crippen LogP contribution in [0.4, 0.5) is 0 Å². The molecule has 0 saturated carbocycles. The van der Waals surface area contributed by atoms with Crippen molar-refractivity contribution >= 4 is 10.8 Å². The van der Waals surface area contributed by atoms with Gasteiger partial charge < -0.3 is 0 Å². The van der Waals surface area contributed by atoms with E-state index < -0.39 is 10.8 Å². The van der Waals surface area contributed by atoms with E-state index in [1.807, 2.05) is 24.4 Å². The Bertz CT molecular complexity index is 639. The topological polar surface area (TPSA) is 42.9 Å². The number of rotatable bonds is 6. The molecule has 2 aromatic rings. The zero-order chi connectivity index (χ0) is 16.1. The van der Waals surface area contributed by atoms with E-state index in [0.717, 1.165) is 17.8 Å². The van der Waals surface area contributed by atoms with Crippen LogP contribution in [0.3, 0.4) is 0 Å². The molecule has 0 radical (unpaired) electrons. The van der Waals surface area contributed by atoms with Gasteiger partial charge in [-0.05, 0) is 23.8 Å². The number of aryl methyl sites for hydroxylation is 1. The molecule has 1 aromatic heterocycles. The maximum absolute atomic E-state index is 12.7. The van der Waals surface area contributed by atoms with Crippen molar-refractivity contribution in [2.75, 3.05) is 5.75 Å². The number of nitrogens with zero attached hydrogens (tertiary/aromatic N) is 2. The highest BCUT2D eigenvalue weighted by atomic mass is 32.2. The molecular formula is C18H24N2OS. The molecule has 0 aliphatic rings. The lowest BCUT2D eigenvalue weighted by Crippen LogP contribution is -2.12. The molecule has 0 N–H and O–H groups in total. The van der Waals surface area contributed by atoms with Crippen LogP contribution in [0.25, 0.3) is 0 Å². The van der Waals surface area contributed by atoms with Crippen molar-refractivity contribution < 1.29 is 4.21 Å². The molecule has 0 aliphatic carbocycles. The van der Waals surface area contributed by atoms with Crippen LogP contribution in [0.15, 0.2) is 41.6 Å². The first-order chi connectivity index (χ1) is 10.5. The largest absolute Gasteiger partial charge is 0.256 e. The van der Waals surface area contributed by atoms with Gasteiger partial charge in [0.25, 0.3) is 0 Å². The van der Waals surface area contributed by atoms with Crippen LogP contribution in [-0.2, 0) is 17.2 Å². The Morgan fingerprint density at radius 1 is 1.05 bits per heavy atom. The molecule has 0 spiro atoms. The Balaban J connectivity index is 2.21. The standard InChI is InChI=1S/C18H24N2OS/c1-13(2)16-12-19-17(14(3)4)18(20-16)22(21)11-10-15-8-6-5-7-9-15/h5-9,12-14H,10-11H2,1-4H3. The van der Waals surface area contributed by atoms with Gasteiger partial charge in [-0.1, -0.05) is 58.0 Å². The normalized spacial score (nSPS) is 12.8. The second-order valence-electron chi connectivity index (χ2n) is 6.08. The van der Waals surface area contributed by atoms with Crippen molar-refractivity contribution in [1.29, 1.82) is 0 Å². The predicted octanol–water partition coefficient (Wildman–Crippen LogP) is 4.07. The van der Waals surface area contributed by atoms with Gasteiger partial charge in [0.05, 0.1) is 22.2 Å². The highest BCUT2D eigenvalue weighted by molar-refractivity contribution is 7.85. The van der Waals surface area contributed by atoms with Crippen LogP contribution in [-0.4, -0.2) is 19.9 Å². The summed E-state index contributed by atoms with van der Waals surface area (Å²) in [5, 5.41) is 0.664. The summed E-state index contributed by atoms with van der Waals surface area (Å²) in [6.07, 6.45) is 2.61. The number of hydrogen-bond acceptors (Lipinski definition) is 3. The molecule has 1 unspecified atom stereocenters. The monoisotopic (exact) mass is 316 g/mol. The van der Waals surface area contributed by atoms with Crippen molar-refractivity contribution in [3.8, 4) is 0 Å². The Kier molecular flexibility index (Phi) is 5.83. The molecule has 3 nitrogen and oxygen atoms in total. The van der Waals surface area contributed by atoms with Gasteiger partial charge in [0.15, 0.2) is 0 Å². The fraction of sp³-hybridized carbons (Fsp3) is 0.444. The van der Waals surface area contributed by atoms with Crippen LogP contribution in [0.1, 0.15) is 56.5 Å². The lowest BCUT2D eigenvalue weighted by atomic mass is 10.1. The second kappa shape index (κ2) is 7.63. The lowest BCUT2D eigenvalue weighted by molar-refractivity contribution is 0.665. The highest BCUT2D eigenvalue weighted by Crippen LogP contribution is 2.22.